The highest BCUT2D eigenvalue weighted by molar-refractivity contribution is 7.90. The molecule has 1 aliphatic rings. The molecule has 0 bridgehead atoms. The van der Waals surface area contributed by atoms with Crippen molar-refractivity contribution < 1.29 is 18.1 Å². The first-order valence-electron chi connectivity index (χ1n) is 10.3. The second kappa shape index (κ2) is 10.2. The summed E-state index contributed by atoms with van der Waals surface area (Å²) in [7, 11) is -3.67. The van der Waals surface area contributed by atoms with Gasteiger partial charge in [0.15, 0.2) is 0 Å². The van der Waals surface area contributed by atoms with Gasteiger partial charge in [-0.05, 0) is 30.7 Å². The van der Waals surface area contributed by atoms with E-state index >= 15 is 0 Å². The fraction of sp³-hybridized carbons (Fsp3) is 0.333. The standard InChI is InChI=1S/C21H25N5O5S/c1-2-3-7-18(24-20-17-6-4-5-8-19(17)32(30,31)25-20)21(27)23-14-13-22-15-9-11-16(12-10-15)26(28)29/h4-6,8-12,18,22H,2-3,7,13-14H2,1H3,(H,23,27)(H,24,25). The van der Waals surface area contributed by atoms with Gasteiger partial charge in [0.1, 0.15) is 11.9 Å². The molecule has 0 aromatic heterocycles. The highest BCUT2D eigenvalue weighted by Gasteiger charge is 2.31. The first-order chi connectivity index (χ1) is 15.3. The van der Waals surface area contributed by atoms with Crippen LogP contribution in [-0.4, -0.2) is 44.2 Å². The molecule has 0 saturated carbocycles. The van der Waals surface area contributed by atoms with E-state index in [1.54, 1.807) is 30.3 Å². The molecule has 0 radical (unpaired) electrons. The summed E-state index contributed by atoms with van der Waals surface area (Å²) in [6.07, 6.45) is 2.13. The summed E-state index contributed by atoms with van der Waals surface area (Å²) in [5.41, 5.74) is 1.16. The fourth-order valence-corrected chi connectivity index (χ4v) is 4.49. The number of carbonyl (C=O) groups excluding carboxylic acids is 1. The molecule has 32 heavy (non-hydrogen) atoms. The van der Waals surface area contributed by atoms with E-state index in [4.69, 9.17) is 0 Å². The summed E-state index contributed by atoms with van der Waals surface area (Å²) in [6, 6.07) is 11.8. The van der Waals surface area contributed by atoms with Gasteiger partial charge < -0.3 is 10.6 Å². The van der Waals surface area contributed by atoms with Crippen molar-refractivity contribution in [2.24, 2.45) is 4.99 Å². The number of nitrogens with one attached hydrogen (secondary N) is 3. The maximum atomic E-state index is 12.7. The summed E-state index contributed by atoms with van der Waals surface area (Å²) in [6.45, 7) is 2.73. The lowest BCUT2D eigenvalue weighted by Gasteiger charge is -2.14. The number of fused-ring (bicyclic) bond motifs is 1. The van der Waals surface area contributed by atoms with Crippen LogP contribution in [0, 0.1) is 10.1 Å². The number of aliphatic imine (C=N–C) groups is 1. The van der Waals surface area contributed by atoms with Crippen LogP contribution in [0.5, 0.6) is 0 Å². The van der Waals surface area contributed by atoms with Gasteiger partial charge in [-0.1, -0.05) is 31.9 Å². The van der Waals surface area contributed by atoms with Crippen LogP contribution in [0.4, 0.5) is 11.4 Å². The van der Waals surface area contributed by atoms with Crippen LogP contribution in [0.3, 0.4) is 0 Å². The predicted octanol–water partition coefficient (Wildman–Crippen LogP) is 2.42. The minimum atomic E-state index is -3.67. The van der Waals surface area contributed by atoms with Gasteiger partial charge in [0.05, 0.1) is 9.82 Å². The van der Waals surface area contributed by atoms with Gasteiger partial charge in [-0.15, -0.1) is 0 Å². The summed E-state index contributed by atoms with van der Waals surface area (Å²) in [4.78, 5) is 27.6. The van der Waals surface area contributed by atoms with Crippen molar-refractivity contribution in [2.45, 2.75) is 37.1 Å². The third kappa shape index (κ3) is 5.61. The Hall–Kier alpha value is -3.47. The average molecular weight is 460 g/mol. The third-order valence-electron chi connectivity index (χ3n) is 4.91. The van der Waals surface area contributed by atoms with Crippen LogP contribution in [0.2, 0.25) is 0 Å². The first-order valence-corrected chi connectivity index (χ1v) is 11.8. The minimum Gasteiger partial charge on any atom is -0.383 e. The number of hydrogen-bond acceptors (Lipinski definition) is 7. The fourth-order valence-electron chi connectivity index (χ4n) is 3.25. The van der Waals surface area contributed by atoms with E-state index in [-0.39, 0.29) is 22.3 Å². The molecule has 3 rings (SSSR count). The Morgan fingerprint density at radius 2 is 1.88 bits per heavy atom. The van der Waals surface area contributed by atoms with Crippen LogP contribution >= 0.6 is 0 Å². The Labute approximate surface area is 186 Å². The molecule has 1 atom stereocenters. The van der Waals surface area contributed by atoms with Gasteiger partial charge in [-0.3, -0.25) is 24.6 Å². The molecule has 0 fully saturated rings. The molecule has 1 amide bonds. The third-order valence-corrected chi connectivity index (χ3v) is 6.31. The van der Waals surface area contributed by atoms with Crippen LogP contribution < -0.4 is 15.4 Å². The van der Waals surface area contributed by atoms with Crippen molar-refractivity contribution in [3.05, 3.63) is 64.2 Å². The number of nitro benzene ring substituents is 1. The van der Waals surface area contributed by atoms with E-state index in [0.717, 1.165) is 12.8 Å². The number of carbonyl (C=O) groups is 1. The number of nitro groups is 1. The average Bonchev–Trinajstić information content (AvgIpc) is 3.04. The number of benzene rings is 2. The molecule has 1 unspecified atom stereocenters. The molecule has 10 nitrogen and oxygen atoms in total. The highest BCUT2D eigenvalue weighted by atomic mass is 32.2. The molecule has 11 heteroatoms. The summed E-state index contributed by atoms with van der Waals surface area (Å²) >= 11 is 0. The maximum absolute atomic E-state index is 12.7. The van der Waals surface area contributed by atoms with Crippen LogP contribution in [0.1, 0.15) is 31.7 Å². The Balaban J connectivity index is 1.62. The normalized spacial score (nSPS) is 16.1. The molecular formula is C21H25N5O5S. The van der Waals surface area contributed by atoms with Crippen molar-refractivity contribution in [1.82, 2.24) is 10.0 Å². The molecule has 2 aromatic carbocycles. The number of anilines is 1. The second-order valence-electron chi connectivity index (χ2n) is 7.26. The van der Waals surface area contributed by atoms with E-state index in [9.17, 15) is 23.3 Å². The Kier molecular flexibility index (Phi) is 7.41. The summed E-state index contributed by atoms with van der Waals surface area (Å²) < 4.78 is 27.0. The quantitative estimate of drug-likeness (QED) is 0.283. The highest BCUT2D eigenvalue weighted by Crippen LogP contribution is 2.23. The largest absolute Gasteiger partial charge is 0.383 e. The molecule has 2 aromatic rings. The molecule has 0 spiro atoms. The lowest BCUT2D eigenvalue weighted by molar-refractivity contribution is -0.384. The van der Waals surface area contributed by atoms with Gasteiger partial charge in [0.2, 0.25) is 5.91 Å². The molecule has 170 valence electrons. The lowest BCUT2D eigenvalue weighted by atomic mass is 10.1. The van der Waals surface area contributed by atoms with Crippen LogP contribution in [0.25, 0.3) is 0 Å². The number of nitrogens with zero attached hydrogens (tertiary/aromatic N) is 2. The van der Waals surface area contributed by atoms with Crippen LogP contribution in [-0.2, 0) is 14.8 Å². The number of rotatable bonds is 10. The Morgan fingerprint density at radius 3 is 2.56 bits per heavy atom. The zero-order valence-corrected chi connectivity index (χ0v) is 18.4. The molecule has 3 N–H and O–H groups in total. The van der Waals surface area contributed by atoms with Crippen molar-refractivity contribution in [3.8, 4) is 0 Å². The number of sulfonamides is 1. The van der Waals surface area contributed by atoms with E-state index in [0.29, 0.717) is 30.8 Å². The van der Waals surface area contributed by atoms with Gasteiger partial charge in [0, 0.05) is 36.5 Å². The maximum Gasteiger partial charge on any atom is 0.269 e. The monoisotopic (exact) mass is 459 g/mol. The Bertz CT molecular complexity index is 1120. The first kappa shape index (κ1) is 23.2. The number of amidine groups is 1. The van der Waals surface area contributed by atoms with Crippen LogP contribution in [0.15, 0.2) is 58.4 Å². The zero-order chi connectivity index (χ0) is 23.1. The van der Waals surface area contributed by atoms with Crippen molar-refractivity contribution in [1.29, 1.82) is 0 Å². The van der Waals surface area contributed by atoms with Crippen molar-refractivity contribution in [2.75, 3.05) is 18.4 Å². The second-order valence-corrected chi connectivity index (χ2v) is 8.91. The lowest BCUT2D eigenvalue weighted by Crippen LogP contribution is -2.37. The number of non-ortho nitro benzene ring substituents is 1. The molecular weight excluding hydrogens is 434 g/mol. The molecule has 0 saturated heterocycles. The Morgan fingerprint density at radius 1 is 1.16 bits per heavy atom. The summed E-state index contributed by atoms with van der Waals surface area (Å²) in [5.74, 6) is -0.110. The number of unbranched alkanes of at least 4 members (excludes halogenated alkanes) is 1. The van der Waals surface area contributed by atoms with Gasteiger partial charge in [-0.2, -0.15) is 0 Å². The zero-order valence-electron chi connectivity index (χ0n) is 17.6. The van der Waals surface area contributed by atoms with E-state index in [1.807, 2.05) is 6.92 Å². The number of hydrogen-bond donors (Lipinski definition) is 3. The van der Waals surface area contributed by atoms with E-state index in [2.05, 4.69) is 20.3 Å². The van der Waals surface area contributed by atoms with Gasteiger partial charge in [0.25, 0.3) is 15.7 Å². The predicted molar refractivity (Wildman–Crippen MR) is 121 cm³/mol. The van der Waals surface area contributed by atoms with Crippen molar-refractivity contribution in [3.63, 3.8) is 0 Å². The SMILES string of the molecule is CCCCC(N=C1NS(=O)(=O)c2ccccc21)C(=O)NCCNc1ccc([N+](=O)[O-])cc1. The smallest absolute Gasteiger partial charge is 0.269 e. The molecule has 1 aliphatic heterocycles. The number of amides is 1. The van der Waals surface area contributed by atoms with Crippen molar-refractivity contribution >= 4 is 33.1 Å². The summed E-state index contributed by atoms with van der Waals surface area (Å²) in [5, 5.41) is 16.6. The van der Waals surface area contributed by atoms with E-state index < -0.39 is 21.0 Å². The minimum absolute atomic E-state index is 0.00541. The molecule has 0 aliphatic carbocycles. The van der Waals surface area contributed by atoms with Gasteiger partial charge in [-0.25, -0.2) is 8.42 Å². The molecule has 1 heterocycles. The topological polar surface area (TPSA) is 143 Å². The van der Waals surface area contributed by atoms with Gasteiger partial charge >= 0.3 is 0 Å². The van der Waals surface area contributed by atoms with E-state index in [1.165, 1.54) is 18.2 Å².